The minimum absolute atomic E-state index is 0.131. The third kappa shape index (κ3) is 3.05. The molecule has 3 heterocycles. The molecular weight excluding hydrogens is 424 g/mol. The molecule has 0 aliphatic heterocycles. The maximum absolute atomic E-state index is 13.8. The van der Waals surface area contributed by atoms with Crippen LogP contribution in [0, 0.1) is 6.92 Å². The third-order valence-corrected chi connectivity index (χ3v) is 5.51. The van der Waals surface area contributed by atoms with Crippen LogP contribution < -0.4 is 11.2 Å². The van der Waals surface area contributed by atoms with E-state index in [0.717, 1.165) is 15.3 Å². The van der Waals surface area contributed by atoms with Gasteiger partial charge in [0.1, 0.15) is 5.52 Å². The Morgan fingerprint density at radius 1 is 1.06 bits per heavy atom. The summed E-state index contributed by atoms with van der Waals surface area (Å²) in [4.78, 5) is 32.1. The van der Waals surface area contributed by atoms with Crippen molar-refractivity contribution in [2.24, 2.45) is 0 Å². The van der Waals surface area contributed by atoms with Gasteiger partial charge in [-0.25, -0.2) is 14.0 Å². The van der Waals surface area contributed by atoms with Crippen molar-refractivity contribution in [3.8, 4) is 11.4 Å². The van der Waals surface area contributed by atoms with Gasteiger partial charge in [0, 0.05) is 17.0 Å². The van der Waals surface area contributed by atoms with Crippen molar-refractivity contribution < 1.29 is 0 Å². The normalized spacial score (nSPS) is 11.3. The molecule has 5 rings (SSSR count). The molecule has 0 amide bonds. The highest BCUT2D eigenvalue weighted by Crippen LogP contribution is 2.21. The summed E-state index contributed by atoms with van der Waals surface area (Å²) < 4.78 is 4.06. The predicted octanol–water partition coefficient (Wildman–Crippen LogP) is 3.03. The van der Waals surface area contributed by atoms with Crippen LogP contribution in [0.25, 0.3) is 33.2 Å². The lowest BCUT2D eigenvalue weighted by molar-refractivity contribution is 0.647. The number of allylic oxidation sites excluding steroid dienone is 1. The van der Waals surface area contributed by atoms with E-state index in [2.05, 4.69) is 34.5 Å². The molecule has 8 nitrogen and oxygen atoms in total. The van der Waals surface area contributed by atoms with Crippen LogP contribution in [0.2, 0.25) is 0 Å². The van der Waals surface area contributed by atoms with Crippen LogP contribution in [0.5, 0.6) is 0 Å². The maximum atomic E-state index is 13.8. The monoisotopic (exact) mass is 442 g/mol. The van der Waals surface area contributed by atoms with Gasteiger partial charge < -0.3 is 0 Å². The number of fused-ring (bicyclic) bond motifs is 2. The van der Waals surface area contributed by atoms with Crippen LogP contribution in [-0.4, -0.2) is 29.1 Å². The van der Waals surface area contributed by atoms with Crippen LogP contribution in [0.3, 0.4) is 0 Å². The first-order chi connectivity index (χ1) is 15.5. The summed E-state index contributed by atoms with van der Waals surface area (Å²) in [6.45, 7) is 5.66. The predicted molar refractivity (Wildman–Crippen MR) is 127 cm³/mol. The fraction of sp³-hybridized carbons (Fsp3) is 0.0870. The standard InChI is InChI=1S/C23H18N6O2S/c1-14(32)13-27-15(2)21(29-19-10-6-5-9-18(19)25-26-29)22(30)28(23(27)31)20-12-24-11-16-7-3-4-8-17(16)20/h3-12,32H,1,13H2,2H3. The van der Waals surface area contributed by atoms with Crippen molar-refractivity contribution in [3.05, 3.63) is 98.9 Å². The van der Waals surface area contributed by atoms with Gasteiger partial charge in [-0.2, -0.15) is 0 Å². The van der Waals surface area contributed by atoms with E-state index in [1.807, 2.05) is 48.5 Å². The third-order valence-electron chi connectivity index (χ3n) is 5.37. The first kappa shape index (κ1) is 20.0. The molecule has 0 fully saturated rings. The number of rotatable bonds is 4. The molecule has 0 bridgehead atoms. The van der Waals surface area contributed by atoms with Crippen molar-refractivity contribution in [2.75, 3.05) is 0 Å². The minimum atomic E-state index is -0.512. The first-order valence-corrected chi connectivity index (χ1v) is 10.3. The van der Waals surface area contributed by atoms with Crippen LogP contribution in [0.1, 0.15) is 5.69 Å². The second kappa shape index (κ2) is 7.61. The summed E-state index contributed by atoms with van der Waals surface area (Å²) in [5.41, 5.74) is 1.33. The summed E-state index contributed by atoms with van der Waals surface area (Å²) in [7, 11) is 0. The SMILES string of the molecule is C=C(S)Cn1c(C)c(-n2nnc3ccccc32)c(=O)n(-c2cncc3ccccc23)c1=O. The number of pyridine rings is 1. The highest BCUT2D eigenvalue weighted by atomic mass is 32.1. The van der Waals surface area contributed by atoms with E-state index >= 15 is 0 Å². The Balaban J connectivity index is 1.94. The minimum Gasteiger partial charge on any atom is -0.290 e. The number of hydrogen-bond acceptors (Lipinski definition) is 6. The van der Waals surface area contributed by atoms with Gasteiger partial charge in [0.05, 0.1) is 29.6 Å². The topological polar surface area (TPSA) is 87.6 Å². The van der Waals surface area contributed by atoms with Crippen molar-refractivity contribution in [1.29, 1.82) is 0 Å². The van der Waals surface area contributed by atoms with E-state index in [9.17, 15) is 9.59 Å². The molecular formula is C23H18N6O2S. The lowest BCUT2D eigenvalue weighted by atomic mass is 10.1. The average molecular weight is 443 g/mol. The van der Waals surface area contributed by atoms with Gasteiger partial charge >= 0.3 is 5.69 Å². The zero-order valence-electron chi connectivity index (χ0n) is 17.1. The van der Waals surface area contributed by atoms with Gasteiger partial charge in [-0.3, -0.25) is 14.3 Å². The fourth-order valence-corrected chi connectivity index (χ4v) is 4.02. The molecule has 32 heavy (non-hydrogen) atoms. The highest BCUT2D eigenvalue weighted by molar-refractivity contribution is 7.84. The first-order valence-electron chi connectivity index (χ1n) is 9.84. The second-order valence-corrected chi connectivity index (χ2v) is 8.01. The van der Waals surface area contributed by atoms with Crippen molar-refractivity contribution in [1.82, 2.24) is 29.1 Å². The number of aromatic nitrogens is 6. The van der Waals surface area contributed by atoms with E-state index in [1.165, 1.54) is 15.4 Å². The largest absolute Gasteiger partial charge is 0.336 e. The van der Waals surface area contributed by atoms with E-state index in [1.54, 1.807) is 13.1 Å². The number of benzene rings is 2. The van der Waals surface area contributed by atoms with Gasteiger partial charge in [0.15, 0.2) is 5.69 Å². The Labute approximate surface area is 187 Å². The van der Waals surface area contributed by atoms with Crippen LogP contribution in [0.4, 0.5) is 0 Å². The molecule has 0 saturated carbocycles. The summed E-state index contributed by atoms with van der Waals surface area (Å²) in [5.74, 6) is 0. The lowest BCUT2D eigenvalue weighted by Gasteiger charge is -2.18. The highest BCUT2D eigenvalue weighted by Gasteiger charge is 2.22. The van der Waals surface area contributed by atoms with E-state index < -0.39 is 11.2 Å². The van der Waals surface area contributed by atoms with Crippen molar-refractivity contribution >= 4 is 34.4 Å². The zero-order valence-corrected chi connectivity index (χ0v) is 18.0. The maximum Gasteiger partial charge on any atom is 0.336 e. The van der Waals surface area contributed by atoms with E-state index in [0.29, 0.717) is 27.3 Å². The Morgan fingerprint density at radius 2 is 1.81 bits per heavy atom. The van der Waals surface area contributed by atoms with Crippen LogP contribution in [-0.2, 0) is 6.54 Å². The van der Waals surface area contributed by atoms with Gasteiger partial charge in [0.25, 0.3) is 5.56 Å². The summed E-state index contributed by atoms with van der Waals surface area (Å²) in [5, 5.41) is 9.94. The summed E-state index contributed by atoms with van der Waals surface area (Å²) in [6.07, 6.45) is 3.21. The fourth-order valence-electron chi connectivity index (χ4n) is 3.88. The number of thiol groups is 1. The molecule has 0 N–H and O–H groups in total. The van der Waals surface area contributed by atoms with E-state index in [4.69, 9.17) is 0 Å². The molecule has 0 aliphatic carbocycles. The van der Waals surface area contributed by atoms with E-state index in [-0.39, 0.29) is 12.2 Å². The van der Waals surface area contributed by atoms with Crippen LogP contribution in [0.15, 0.2) is 82.0 Å². The quantitative estimate of drug-likeness (QED) is 0.432. The molecule has 158 valence electrons. The van der Waals surface area contributed by atoms with Gasteiger partial charge in [-0.05, 0) is 24.0 Å². The number of para-hydroxylation sites is 1. The van der Waals surface area contributed by atoms with Crippen molar-refractivity contribution in [3.63, 3.8) is 0 Å². The average Bonchev–Trinajstić information content (AvgIpc) is 3.21. The molecule has 2 aromatic carbocycles. The van der Waals surface area contributed by atoms with Gasteiger partial charge in [-0.1, -0.05) is 48.2 Å². The molecule has 3 aromatic heterocycles. The summed E-state index contributed by atoms with van der Waals surface area (Å²) >= 11 is 4.29. The van der Waals surface area contributed by atoms with Gasteiger partial charge in [-0.15, -0.1) is 17.7 Å². The Hall–Kier alpha value is -3.98. The Kier molecular flexibility index (Phi) is 4.75. The molecule has 0 atom stereocenters. The Morgan fingerprint density at radius 3 is 2.62 bits per heavy atom. The van der Waals surface area contributed by atoms with Crippen molar-refractivity contribution in [2.45, 2.75) is 13.5 Å². The smallest absolute Gasteiger partial charge is 0.290 e. The number of nitrogens with zero attached hydrogens (tertiary/aromatic N) is 6. The van der Waals surface area contributed by atoms with Crippen LogP contribution >= 0.6 is 12.6 Å². The molecule has 0 aliphatic rings. The molecule has 5 aromatic rings. The molecule has 0 saturated heterocycles. The molecule has 0 radical (unpaired) electrons. The van der Waals surface area contributed by atoms with Gasteiger partial charge in [0.2, 0.25) is 0 Å². The number of hydrogen-bond donors (Lipinski definition) is 1. The molecule has 0 unspecified atom stereocenters. The lowest BCUT2D eigenvalue weighted by Crippen LogP contribution is -2.42. The molecule has 0 spiro atoms. The second-order valence-electron chi connectivity index (χ2n) is 7.38. The molecule has 9 heteroatoms. The summed E-state index contributed by atoms with van der Waals surface area (Å²) in [6, 6.07) is 14.8. The Bertz CT molecular complexity index is 1640. The zero-order chi connectivity index (χ0) is 22.4.